The van der Waals surface area contributed by atoms with Gasteiger partial charge in [0, 0.05) is 31.5 Å². The van der Waals surface area contributed by atoms with Crippen molar-refractivity contribution in [2.24, 2.45) is 0 Å². The number of rotatable bonds is 4. The fraction of sp³-hybridized carbons (Fsp3) is 0.583. The van der Waals surface area contributed by atoms with E-state index in [9.17, 15) is 9.59 Å². The Morgan fingerprint density at radius 1 is 1.67 bits per heavy atom. The average molecular weight is 251 g/mol. The molecule has 1 aromatic heterocycles. The van der Waals surface area contributed by atoms with Gasteiger partial charge in [0.1, 0.15) is 6.10 Å². The van der Waals surface area contributed by atoms with Crippen molar-refractivity contribution in [1.82, 2.24) is 14.9 Å². The molecule has 1 atom stereocenters. The zero-order valence-corrected chi connectivity index (χ0v) is 10.4. The van der Waals surface area contributed by atoms with Crippen LogP contribution in [0.1, 0.15) is 18.5 Å². The Hall–Kier alpha value is -1.69. The first kappa shape index (κ1) is 12.8. The Morgan fingerprint density at radius 2 is 2.50 bits per heavy atom. The number of nitrogens with zero attached hydrogens (tertiary/aromatic N) is 2. The van der Waals surface area contributed by atoms with Crippen molar-refractivity contribution in [2.75, 3.05) is 13.2 Å². The van der Waals surface area contributed by atoms with Crippen molar-refractivity contribution in [3.8, 4) is 0 Å². The largest absolute Gasteiger partial charge is 0.368 e. The van der Waals surface area contributed by atoms with E-state index in [0.717, 1.165) is 12.8 Å². The Labute approximate surface area is 105 Å². The summed E-state index contributed by atoms with van der Waals surface area (Å²) in [4.78, 5) is 27.2. The lowest BCUT2D eigenvalue weighted by Crippen LogP contribution is -2.37. The minimum atomic E-state index is -0.321. The van der Waals surface area contributed by atoms with E-state index in [1.807, 2.05) is 0 Å². The van der Waals surface area contributed by atoms with Gasteiger partial charge in [-0.2, -0.15) is 0 Å². The number of carbonyl (C=O) groups is 1. The lowest BCUT2D eigenvalue weighted by Gasteiger charge is -2.11. The quantitative estimate of drug-likeness (QED) is 0.807. The molecule has 2 heterocycles. The summed E-state index contributed by atoms with van der Waals surface area (Å²) in [6.45, 7) is 3.25. The van der Waals surface area contributed by atoms with Gasteiger partial charge in [-0.3, -0.25) is 14.2 Å². The van der Waals surface area contributed by atoms with E-state index in [4.69, 9.17) is 4.74 Å². The molecule has 1 amide bonds. The molecular formula is C12H17N3O3. The summed E-state index contributed by atoms with van der Waals surface area (Å²) in [6, 6.07) is 1.47. The third-order valence-corrected chi connectivity index (χ3v) is 2.89. The van der Waals surface area contributed by atoms with Gasteiger partial charge in [0.05, 0.1) is 6.33 Å². The van der Waals surface area contributed by atoms with Crippen LogP contribution in [0.15, 0.2) is 17.2 Å². The summed E-state index contributed by atoms with van der Waals surface area (Å²) in [5.41, 5.74) is 0.591. The van der Waals surface area contributed by atoms with Gasteiger partial charge in [0.15, 0.2) is 0 Å². The maximum Gasteiger partial charge on any atom is 0.253 e. The second kappa shape index (κ2) is 5.77. The molecule has 1 unspecified atom stereocenters. The van der Waals surface area contributed by atoms with Crippen molar-refractivity contribution < 1.29 is 9.53 Å². The average Bonchev–Trinajstić information content (AvgIpc) is 2.85. The first-order chi connectivity index (χ1) is 8.66. The van der Waals surface area contributed by atoms with Crippen LogP contribution in [-0.4, -0.2) is 34.7 Å². The second-order valence-electron chi connectivity index (χ2n) is 4.35. The summed E-state index contributed by atoms with van der Waals surface area (Å²) >= 11 is 0. The van der Waals surface area contributed by atoms with Crippen LogP contribution >= 0.6 is 0 Å². The highest BCUT2D eigenvalue weighted by molar-refractivity contribution is 5.80. The van der Waals surface area contributed by atoms with Gasteiger partial charge in [-0.25, -0.2) is 4.98 Å². The molecule has 1 N–H and O–H groups in total. The first-order valence-corrected chi connectivity index (χ1v) is 6.09. The number of hydrogen-bond donors (Lipinski definition) is 1. The van der Waals surface area contributed by atoms with Crippen LogP contribution in [0.3, 0.4) is 0 Å². The molecule has 1 saturated heterocycles. The molecule has 6 heteroatoms. The van der Waals surface area contributed by atoms with Crippen molar-refractivity contribution >= 4 is 5.91 Å². The van der Waals surface area contributed by atoms with E-state index < -0.39 is 0 Å². The van der Waals surface area contributed by atoms with Crippen molar-refractivity contribution in [3.63, 3.8) is 0 Å². The zero-order chi connectivity index (χ0) is 13.0. The smallest absolute Gasteiger partial charge is 0.253 e. The Morgan fingerprint density at radius 3 is 3.17 bits per heavy atom. The SMILES string of the molecule is Cc1cc(=O)n(CCNC(=O)C2CCCO2)cn1. The van der Waals surface area contributed by atoms with E-state index in [0.29, 0.717) is 25.4 Å². The van der Waals surface area contributed by atoms with Crippen LogP contribution in [0, 0.1) is 6.92 Å². The van der Waals surface area contributed by atoms with Gasteiger partial charge in [0.25, 0.3) is 5.56 Å². The predicted octanol–water partition coefficient (Wildman–Crippen LogP) is -0.153. The molecular weight excluding hydrogens is 234 g/mol. The topological polar surface area (TPSA) is 73.2 Å². The highest BCUT2D eigenvalue weighted by atomic mass is 16.5. The van der Waals surface area contributed by atoms with Crippen LogP contribution < -0.4 is 10.9 Å². The van der Waals surface area contributed by atoms with E-state index in [1.54, 1.807) is 6.92 Å². The number of hydrogen-bond acceptors (Lipinski definition) is 4. The third kappa shape index (κ3) is 3.16. The van der Waals surface area contributed by atoms with Crippen LogP contribution in [0.4, 0.5) is 0 Å². The number of aryl methyl sites for hydroxylation is 1. The van der Waals surface area contributed by atoms with Crippen molar-refractivity contribution in [1.29, 1.82) is 0 Å². The van der Waals surface area contributed by atoms with Gasteiger partial charge in [-0.05, 0) is 19.8 Å². The normalized spacial score (nSPS) is 18.8. The van der Waals surface area contributed by atoms with Gasteiger partial charge < -0.3 is 10.1 Å². The fourth-order valence-electron chi connectivity index (χ4n) is 1.88. The van der Waals surface area contributed by atoms with Gasteiger partial charge >= 0.3 is 0 Å². The molecule has 0 saturated carbocycles. The third-order valence-electron chi connectivity index (χ3n) is 2.89. The Bertz CT molecular complexity index is 478. The lowest BCUT2D eigenvalue weighted by molar-refractivity contribution is -0.130. The molecule has 2 rings (SSSR count). The summed E-state index contributed by atoms with van der Waals surface area (Å²) in [7, 11) is 0. The predicted molar refractivity (Wildman–Crippen MR) is 65.2 cm³/mol. The molecule has 0 bridgehead atoms. The summed E-state index contributed by atoms with van der Waals surface area (Å²) in [5, 5.41) is 2.76. The van der Waals surface area contributed by atoms with E-state index in [1.165, 1.54) is 17.0 Å². The van der Waals surface area contributed by atoms with E-state index in [-0.39, 0.29) is 17.6 Å². The van der Waals surface area contributed by atoms with Gasteiger partial charge in [0.2, 0.25) is 5.91 Å². The minimum absolute atomic E-state index is 0.0966. The highest BCUT2D eigenvalue weighted by Gasteiger charge is 2.22. The van der Waals surface area contributed by atoms with Crippen LogP contribution in [0.25, 0.3) is 0 Å². The summed E-state index contributed by atoms with van der Waals surface area (Å²) in [5.74, 6) is -0.0966. The maximum atomic E-state index is 11.6. The number of aromatic nitrogens is 2. The van der Waals surface area contributed by atoms with E-state index in [2.05, 4.69) is 10.3 Å². The highest BCUT2D eigenvalue weighted by Crippen LogP contribution is 2.11. The van der Waals surface area contributed by atoms with Crippen molar-refractivity contribution in [3.05, 3.63) is 28.4 Å². The minimum Gasteiger partial charge on any atom is -0.368 e. The number of amides is 1. The molecule has 98 valence electrons. The fourth-order valence-corrected chi connectivity index (χ4v) is 1.88. The molecule has 0 aliphatic carbocycles. The lowest BCUT2D eigenvalue weighted by atomic mass is 10.2. The number of ether oxygens (including phenoxy) is 1. The molecule has 1 aliphatic heterocycles. The Kier molecular flexibility index (Phi) is 4.09. The molecule has 1 aliphatic rings. The monoisotopic (exact) mass is 251 g/mol. The van der Waals surface area contributed by atoms with E-state index >= 15 is 0 Å². The number of nitrogens with one attached hydrogen (secondary N) is 1. The molecule has 0 aromatic carbocycles. The zero-order valence-electron chi connectivity index (χ0n) is 10.4. The van der Waals surface area contributed by atoms with Crippen LogP contribution in [-0.2, 0) is 16.1 Å². The van der Waals surface area contributed by atoms with Crippen LogP contribution in [0.2, 0.25) is 0 Å². The maximum absolute atomic E-state index is 11.6. The molecule has 1 aromatic rings. The van der Waals surface area contributed by atoms with Crippen LogP contribution in [0.5, 0.6) is 0 Å². The summed E-state index contributed by atoms with van der Waals surface area (Å²) < 4.78 is 6.74. The molecule has 0 spiro atoms. The summed E-state index contributed by atoms with van der Waals surface area (Å²) in [6.07, 6.45) is 2.88. The van der Waals surface area contributed by atoms with Crippen molar-refractivity contribution in [2.45, 2.75) is 32.4 Å². The van der Waals surface area contributed by atoms with Gasteiger partial charge in [-0.15, -0.1) is 0 Å². The Balaban J connectivity index is 1.81. The molecule has 0 radical (unpaired) electrons. The second-order valence-corrected chi connectivity index (χ2v) is 4.35. The molecule has 18 heavy (non-hydrogen) atoms. The number of carbonyl (C=O) groups excluding carboxylic acids is 1. The van der Waals surface area contributed by atoms with Gasteiger partial charge in [-0.1, -0.05) is 0 Å². The standard InChI is InChI=1S/C12H17N3O3/c1-9-7-11(16)15(8-14-9)5-4-13-12(17)10-3-2-6-18-10/h7-8,10H,2-6H2,1H3,(H,13,17). The molecule has 1 fully saturated rings. The first-order valence-electron chi connectivity index (χ1n) is 6.09. The molecule has 6 nitrogen and oxygen atoms in total.